The molecular formula is C28H32O7. The van der Waals surface area contributed by atoms with E-state index in [1.54, 1.807) is 35.5 Å². The molecule has 0 radical (unpaired) electrons. The molecule has 0 spiro atoms. The van der Waals surface area contributed by atoms with Gasteiger partial charge in [0.05, 0.1) is 47.8 Å². The minimum absolute atomic E-state index is 0.115. The Hall–Kier alpha value is -3.58. The molecule has 7 nitrogen and oxygen atoms in total. The van der Waals surface area contributed by atoms with E-state index in [4.69, 9.17) is 33.2 Å². The summed E-state index contributed by atoms with van der Waals surface area (Å²) in [7, 11) is 8.05. The Morgan fingerprint density at radius 1 is 0.629 bits per heavy atom. The first-order valence-corrected chi connectivity index (χ1v) is 11.5. The van der Waals surface area contributed by atoms with Gasteiger partial charge in [0.1, 0.15) is 6.61 Å². The summed E-state index contributed by atoms with van der Waals surface area (Å²) in [5.41, 5.74) is 3.02. The fraction of sp³-hybridized carbons (Fsp3) is 0.357. The van der Waals surface area contributed by atoms with E-state index in [2.05, 4.69) is 0 Å². The molecule has 0 N–H and O–H groups in total. The lowest BCUT2D eigenvalue weighted by Gasteiger charge is -2.20. The average molecular weight is 481 g/mol. The van der Waals surface area contributed by atoms with Gasteiger partial charge < -0.3 is 33.2 Å². The first kappa shape index (κ1) is 24.5. The van der Waals surface area contributed by atoms with Gasteiger partial charge >= 0.3 is 0 Å². The molecule has 1 aliphatic rings. The Morgan fingerprint density at radius 3 is 1.54 bits per heavy atom. The van der Waals surface area contributed by atoms with Crippen molar-refractivity contribution in [2.45, 2.75) is 31.7 Å². The predicted molar refractivity (Wildman–Crippen MR) is 132 cm³/mol. The lowest BCUT2D eigenvalue weighted by molar-refractivity contribution is 0.0435. The van der Waals surface area contributed by atoms with Crippen molar-refractivity contribution in [2.75, 3.05) is 35.5 Å². The van der Waals surface area contributed by atoms with Gasteiger partial charge in [-0.15, -0.1) is 0 Å². The monoisotopic (exact) mass is 480 g/mol. The second-order valence-electron chi connectivity index (χ2n) is 8.18. The summed E-state index contributed by atoms with van der Waals surface area (Å²) in [6.07, 6.45) is 1.45. The maximum absolute atomic E-state index is 6.49. The average Bonchev–Trinajstić information content (AvgIpc) is 3.41. The van der Waals surface area contributed by atoms with Gasteiger partial charge in [-0.3, -0.25) is 0 Å². The van der Waals surface area contributed by atoms with Crippen molar-refractivity contribution in [2.24, 2.45) is 0 Å². The van der Waals surface area contributed by atoms with Crippen LogP contribution in [0.15, 0.2) is 54.6 Å². The largest absolute Gasteiger partial charge is 0.493 e. The second kappa shape index (κ2) is 11.2. The molecule has 3 aromatic rings. The highest BCUT2D eigenvalue weighted by atomic mass is 16.5. The maximum atomic E-state index is 6.49. The molecule has 4 rings (SSSR count). The first-order valence-electron chi connectivity index (χ1n) is 11.5. The summed E-state index contributed by atoms with van der Waals surface area (Å²) in [6.45, 7) is 0.420. The first-order chi connectivity index (χ1) is 17.1. The summed E-state index contributed by atoms with van der Waals surface area (Å²) in [5, 5.41) is 0. The summed E-state index contributed by atoms with van der Waals surface area (Å²) < 4.78 is 40.4. The normalized spacial score (nSPS) is 17.1. The van der Waals surface area contributed by atoms with Gasteiger partial charge in [-0.25, -0.2) is 0 Å². The van der Waals surface area contributed by atoms with E-state index in [1.807, 2.05) is 54.6 Å². The standard InChI is InChI=1S/C28H32O7/c1-29-23-13-19(14-24(30-2)27(23)32-4)21-11-12-22(35-21)20-15-25(31-3)28(33-5)26(16-20)34-17-18-9-7-6-8-10-18/h6-10,13-16,21-22H,11-12,17H2,1-5H3/t21-,22-/m0/s1. The van der Waals surface area contributed by atoms with E-state index in [1.165, 1.54) is 0 Å². The topological polar surface area (TPSA) is 64.6 Å². The van der Waals surface area contributed by atoms with Crippen LogP contribution in [-0.4, -0.2) is 35.5 Å². The molecule has 0 aliphatic carbocycles. The third-order valence-corrected chi connectivity index (χ3v) is 6.15. The highest BCUT2D eigenvalue weighted by Crippen LogP contribution is 2.48. The molecule has 0 unspecified atom stereocenters. The number of ether oxygens (including phenoxy) is 7. The molecule has 3 aromatic carbocycles. The van der Waals surface area contributed by atoms with Crippen molar-refractivity contribution in [3.63, 3.8) is 0 Å². The van der Waals surface area contributed by atoms with E-state index >= 15 is 0 Å². The van der Waals surface area contributed by atoms with Crippen LogP contribution in [-0.2, 0) is 11.3 Å². The number of hydrogen-bond acceptors (Lipinski definition) is 7. The molecule has 0 saturated carbocycles. The Morgan fingerprint density at radius 2 is 1.09 bits per heavy atom. The molecule has 0 aromatic heterocycles. The summed E-state index contributed by atoms with van der Waals surface area (Å²) in [5.74, 6) is 3.56. The van der Waals surface area contributed by atoms with Gasteiger partial charge in [-0.1, -0.05) is 30.3 Å². The van der Waals surface area contributed by atoms with Crippen LogP contribution in [0.1, 0.15) is 41.7 Å². The highest BCUT2D eigenvalue weighted by Gasteiger charge is 2.31. The third-order valence-electron chi connectivity index (χ3n) is 6.15. The van der Waals surface area contributed by atoms with Crippen molar-refractivity contribution in [3.8, 4) is 34.5 Å². The van der Waals surface area contributed by atoms with Gasteiger partial charge in [-0.05, 0) is 53.8 Å². The van der Waals surface area contributed by atoms with Crippen LogP contribution in [0.25, 0.3) is 0 Å². The van der Waals surface area contributed by atoms with Crippen LogP contribution in [0.3, 0.4) is 0 Å². The van der Waals surface area contributed by atoms with Crippen LogP contribution in [0.2, 0.25) is 0 Å². The molecule has 7 heteroatoms. The fourth-order valence-electron chi connectivity index (χ4n) is 4.39. The number of benzene rings is 3. The van der Waals surface area contributed by atoms with Crippen LogP contribution in [0.4, 0.5) is 0 Å². The summed E-state index contributed by atoms with van der Waals surface area (Å²) >= 11 is 0. The van der Waals surface area contributed by atoms with Gasteiger partial charge in [0.15, 0.2) is 23.0 Å². The summed E-state index contributed by atoms with van der Waals surface area (Å²) in [4.78, 5) is 0. The molecule has 2 atom stereocenters. The van der Waals surface area contributed by atoms with Crippen LogP contribution in [0.5, 0.6) is 34.5 Å². The molecular weight excluding hydrogens is 448 g/mol. The quantitative estimate of drug-likeness (QED) is 0.358. The zero-order valence-electron chi connectivity index (χ0n) is 20.8. The van der Waals surface area contributed by atoms with Gasteiger partial charge in [0, 0.05) is 0 Å². The van der Waals surface area contributed by atoms with E-state index in [0.29, 0.717) is 41.1 Å². The molecule has 1 fully saturated rings. The smallest absolute Gasteiger partial charge is 0.203 e. The Kier molecular flexibility index (Phi) is 7.87. The minimum Gasteiger partial charge on any atom is -0.493 e. The molecule has 186 valence electrons. The Bertz CT molecular complexity index is 1100. The lowest BCUT2D eigenvalue weighted by atomic mass is 10.0. The van der Waals surface area contributed by atoms with Crippen molar-refractivity contribution in [1.82, 2.24) is 0 Å². The van der Waals surface area contributed by atoms with E-state index in [9.17, 15) is 0 Å². The van der Waals surface area contributed by atoms with Crippen molar-refractivity contribution >= 4 is 0 Å². The Balaban J connectivity index is 1.59. The predicted octanol–water partition coefficient (Wildman–Crippen LogP) is 5.90. The SMILES string of the molecule is COc1cc([C@@H]2CC[C@@H](c3cc(OC)c(OC)c(OCc4ccccc4)c3)O2)cc(OC)c1OC. The highest BCUT2D eigenvalue weighted by molar-refractivity contribution is 5.55. The van der Waals surface area contributed by atoms with Crippen LogP contribution < -0.4 is 28.4 Å². The molecule has 1 saturated heterocycles. The van der Waals surface area contributed by atoms with Crippen molar-refractivity contribution < 1.29 is 33.2 Å². The van der Waals surface area contributed by atoms with E-state index in [-0.39, 0.29) is 12.2 Å². The molecule has 1 heterocycles. The van der Waals surface area contributed by atoms with E-state index in [0.717, 1.165) is 29.5 Å². The number of rotatable bonds is 10. The van der Waals surface area contributed by atoms with Gasteiger partial charge in [0.25, 0.3) is 0 Å². The number of hydrogen-bond donors (Lipinski definition) is 0. The van der Waals surface area contributed by atoms with Crippen LogP contribution in [0, 0.1) is 0 Å². The molecule has 35 heavy (non-hydrogen) atoms. The number of methoxy groups -OCH3 is 5. The maximum Gasteiger partial charge on any atom is 0.203 e. The second-order valence-corrected chi connectivity index (χ2v) is 8.18. The van der Waals surface area contributed by atoms with Gasteiger partial charge in [0.2, 0.25) is 11.5 Å². The third kappa shape index (κ3) is 5.25. The van der Waals surface area contributed by atoms with Gasteiger partial charge in [-0.2, -0.15) is 0 Å². The molecule has 1 aliphatic heterocycles. The fourth-order valence-corrected chi connectivity index (χ4v) is 4.39. The minimum atomic E-state index is -0.127. The summed E-state index contributed by atoms with van der Waals surface area (Å²) in [6, 6.07) is 17.8. The van der Waals surface area contributed by atoms with Crippen LogP contribution >= 0.6 is 0 Å². The molecule has 0 amide bonds. The zero-order valence-corrected chi connectivity index (χ0v) is 20.8. The van der Waals surface area contributed by atoms with Crippen molar-refractivity contribution in [1.29, 1.82) is 0 Å². The molecule has 0 bridgehead atoms. The Labute approximate surface area is 206 Å². The zero-order chi connectivity index (χ0) is 24.8. The van der Waals surface area contributed by atoms with E-state index < -0.39 is 0 Å². The van der Waals surface area contributed by atoms with Crippen molar-refractivity contribution in [3.05, 3.63) is 71.3 Å². The lowest BCUT2D eigenvalue weighted by Crippen LogP contribution is -2.04.